The highest BCUT2D eigenvalue weighted by atomic mass is 16.5. The number of hydrogen-bond donors (Lipinski definition) is 0. The summed E-state index contributed by atoms with van der Waals surface area (Å²) in [4.78, 5) is 11.6. The van der Waals surface area contributed by atoms with Crippen LogP contribution >= 0.6 is 0 Å². The first-order valence-electron chi connectivity index (χ1n) is 5.39. The molecule has 0 unspecified atom stereocenters. The summed E-state index contributed by atoms with van der Waals surface area (Å²) in [7, 11) is 0. The molecule has 0 aliphatic carbocycles. The van der Waals surface area contributed by atoms with Crippen LogP contribution < -0.4 is 0 Å². The fraction of sp³-hybridized carbons (Fsp3) is 0.214. The molecule has 0 saturated carbocycles. The standard InChI is InChI=1S/C14H13O2/c1-2-9-16-14(15)13-8-7-11-5-3-4-6-12(11)10-13/h3-8H,2,9H2,1H3. The zero-order chi connectivity index (χ0) is 11.4. The zero-order valence-electron chi connectivity index (χ0n) is 9.19. The fourth-order valence-electron chi connectivity index (χ4n) is 1.51. The maximum Gasteiger partial charge on any atom is 0.338 e. The third-order valence-corrected chi connectivity index (χ3v) is 2.32. The van der Waals surface area contributed by atoms with E-state index >= 15 is 0 Å². The molecule has 2 heteroatoms. The second-order valence-corrected chi connectivity index (χ2v) is 3.60. The molecule has 0 spiro atoms. The molecule has 2 aromatic carbocycles. The Balaban J connectivity index is 2.28. The van der Waals surface area contributed by atoms with Gasteiger partial charge in [-0.15, -0.1) is 0 Å². The minimum Gasteiger partial charge on any atom is -0.462 e. The van der Waals surface area contributed by atoms with Gasteiger partial charge in [-0.05, 0) is 23.3 Å². The number of carbonyl (C=O) groups is 1. The fourth-order valence-corrected chi connectivity index (χ4v) is 1.51. The smallest absolute Gasteiger partial charge is 0.338 e. The van der Waals surface area contributed by atoms with Crippen molar-refractivity contribution < 1.29 is 9.53 Å². The lowest BCUT2D eigenvalue weighted by atomic mass is 10.1. The minimum absolute atomic E-state index is 0.299. The Labute approximate surface area is 94.8 Å². The Kier molecular flexibility index (Phi) is 3.20. The Morgan fingerprint density at radius 2 is 2.06 bits per heavy atom. The van der Waals surface area contributed by atoms with Crippen molar-refractivity contribution in [1.29, 1.82) is 0 Å². The normalized spacial score (nSPS) is 10.3. The molecule has 16 heavy (non-hydrogen) atoms. The summed E-state index contributed by atoms with van der Waals surface area (Å²) in [5, 5.41) is 2.02. The van der Waals surface area contributed by atoms with E-state index in [1.807, 2.05) is 37.3 Å². The maximum absolute atomic E-state index is 11.6. The van der Waals surface area contributed by atoms with E-state index in [4.69, 9.17) is 4.74 Å². The number of ether oxygens (including phenoxy) is 1. The van der Waals surface area contributed by atoms with E-state index in [0.717, 1.165) is 17.2 Å². The third-order valence-electron chi connectivity index (χ3n) is 2.32. The number of carbonyl (C=O) groups excluding carboxylic acids is 1. The van der Waals surface area contributed by atoms with Crippen LogP contribution in [0.4, 0.5) is 0 Å². The third kappa shape index (κ3) is 2.22. The lowest BCUT2D eigenvalue weighted by molar-refractivity contribution is 0.0505. The second-order valence-electron chi connectivity index (χ2n) is 3.60. The van der Waals surface area contributed by atoms with Gasteiger partial charge in [0.05, 0.1) is 12.2 Å². The molecule has 0 heterocycles. The predicted molar refractivity (Wildman–Crippen MR) is 63.4 cm³/mol. The molecule has 0 aliphatic rings. The molecule has 0 bridgehead atoms. The average molecular weight is 213 g/mol. The monoisotopic (exact) mass is 213 g/mol. The van der Waals surface area contributed by atoms with Crippen molar-refractivity contribution >= 4 is 16.7 Å². The molecule has 1 radical (unpaired) electrons. The van der Waals surface area contributed by atoms with E-state index in [1.165, 1.54) is 0 Å². The Morgan fingerprint density at radius 1 is 1.25 bits per heavy atom. The van der Waals surface area contributed by atoms with Crippen molar-refractivity contribution in [3.8, 4) is 0 Å². The molecule has 0 atom stereocenters. The first-order chi connectivity index (χ1) is 7.81. The summed E-state index contributed by atoms with van der Waals surface area (Å²) in [5.41, 5.74) is 0.493. The number of hydrogen-bond acceptors (Lipinski definition) is 2. The van der Waals surface area contributed by atoms with Crippen LogP contribution in [0.2, 0.25) is 0 Å². The van der Waals surface area contributed by atoms with Crippen molar-refractivity contribution in [3.63, 3.8) is 0 Å². The highest BCUT2D eigenvalue weighted by molar-refractivity contribution is 5.94. The van der Waals surface area contributed by atoms with Crippen LogP contribution in [0.3, 0.4) is 0 Å². The number of fused-ring (bicyclic) bond motifs is 1. The van der Waals surface area contributed by atoms with Gasteiger partial charge in [0.25, 0.3) is 0 Å². The first-order valence-corrected chi connectivity index (χ1v) is 5.39. The highest BCUT2D eigenvalue weighted by Crippen LogP contribution is 2.15. The van der Waals surface area contributed by atoms with Crippen molar-refractivity contribution in [2.45, 2.75) is 13.3 Å². The van der Waals surface area contributed by atoms with E-state index in [1.54, 1.807) is 6.07 Å². The topological polar surface area (TPSA) is 26.3 Å². The Hall–Kier alpha value is -1.83. The maximum atomic E-state index is 11.6. The second kappa shape index (κ2) is 4.79. The molecule has 2 rings (SSSR count). The number of esters is 1. The molecule has 0 amide bonds. The average Bonchev–Trinajstić information content (AvgIpc) is 2.35. The van der Waals surface area contributed by atoms with Crippen LogP contribution in [0.15, 0.2) is 36.4 Å². The lowest BCUT2D eigenvalue weighted by Crippen LogP contribution is -2.05. The molecule has 0 aliphatic heterocycles. The predicted octanol–water partition coefficient (Wildman–Crippen LogP) is 3.21. The molecule has 2 nitrogen and oxygen atoms in total. The zero-order valence-corrected chi connectivity index (χ0v) is 9.19. The van der Waals surface area contributed by atoms with Crippen molar-refractivity contribution in [3.05, 3.63) is 48.0 Å². The quantitative estimate of drug-likeness (QED) is 0.732. The Morgan fingerprint density at radius 3 is 2.88 bits per heavy atom. The van der Waals surface area contributed by atoms with Crippen LogP contribution in [-0.4, -0.2) is 12.6 Å². The van der Waals surface area contributed by atoms with Crippen molar-refractivity contribution in [2.75, 3.05) is 6.61 Å². The van der Waals surface area contributed by atoms with Gasteiger partial charge in [-0.3, -0.25) is 0 Å². The van der Waals surface area contributed by atoms with Gasteiger partial charge >= 0.3 is 5.97 Å². The molecular weight excluding hydrogens is 200 g/mol. The first kappa shape index (κ1) is 10.7. The van der Waals surface area contributed by atoms with Crippen LogP contribution in [0.25, 0.3) is 10.8 Å². The summed E-state index contributed by atoms with van der Waals surface area (Å²) in [5.74, 6) is -0.299. The minimum atomic E-state index is -0.299. The summed E-state index contributed by atoms with van der Waals surface area (Å²) >= 11 is 0. The van der Waals surface area contributed by atoms with Gasteiger partial charge in [-0.1, -0.05) is 37.3 Å². The molecule has 0 N–H and O–H groups in total. The molecule has 81 valence electrons. The van der Waals surface area contributed by atoms with Gasteiger partial charge in [-0.2, -0.15) is 0 Å². The van der Waals surface area contributed by atoms with Gasteiger partial charge in [0.15, 0.2) is 0 Å². The van der Waals surface area contributed by atoms with Crippen molar-refractivity contribution in [1.82, 2.24) is 0 Å². The van der Waals surface area contributed by atoms with E-state index in [0.29, 0.717) is 12.2 Å². The van der Waals surface area contributed by atoms with Crippen LogP contribution in [-0.2, 0) is 4.74 Å². The van der Waals surface area contributed by atoms with E-state index < -0.39 is 0 Å². The van der Waals surface area contributed by atoms with Gasteiger partial charge in [0, 0.05) is 6.07 Å². The summed E-state index contributed by atoms with van der Waals surface area (Å²) in [6.07, 6.45) is 0.833. The summed E-state index contributed by atoms with van der Waals surface area (Å²) in [6.45, 7) is 2.43. The van der Waals surface area contributed by atoms with E-state index in [9.17, 15) is 4.79 Å². The van der Waals surface area contributed by atoms with Gasteiger partial charge in [-0.25, -0.2) is 4.79 Å². The van der Waals surface area contributed by atoms with Crippen LogP contribution in [0.5, 0.6) is 0 Å². The summed E-state index contributed by atoms with van der Waals surface area (Å²) in [6, 6.07) is 14.5. The number of rotatable bonds is 3. The van der Waals surface area contributed by atoms with Gasteiger partial charge in [0.1, 0.15) is 0 Å². The van der Waals surface area contributed by atoms with Crippen LogP contribution in [0, 0.1) is 6.07 Å². The van der Waals surface area contributed by atoms with Gasteiger partial charge in [0.2, 0.25) is 0 Å². The SMILES string of the molecule is CCCOC(=O)c1[c]c2ccccc2cc1. The summed E-state index contributed by atoms with van der Waals surface area (Å²) < 4.78 is 5.06. The molecule has 0 fully saturated rings. The van der Waals surface area contributed by atoms with E-state index in [2.05, 4.69) is 6.07 Å². The molecular formula is C14H13O2. The molecule has 0 aromatic heterocycles. The number of benzene rings is 2. The Bertz CT molecular complexity index is 503. The van der Waals surface area contributed by atoms with Crippen LogP contribution in [0.1, 0.15) is 23.7 Å². The molecule has 0 saturated heterocycles. The molecule has 2 aromatic rings. The highest BCUT2D eigenvalue weighted by Gasteiger charge is 2.07. The lowest BCUT2D eigenvalue weighted by Gasteiger charge is -2.03. The largest absolute Gasteiger partial charge is 0.462 e. The van der Waals surface area contributed by atoms with E-state index in [-0.39, 0.29) is 5.97 Å². The van der Waals surface area contributed by atoms with Gasteiger partial charge < -0.3 is 4.74 Å². The van der Waals surface area contributed by atoms with Crippen molar-refractivity contribution in [2.24, 2.45) is 0 Å².